The molecule has 0 amide bonds. The Hall–Kier alpha value is -0.930. The summed E-state index contributed by atoms with van der Waals surface area (Å²) in [4.78, 5) is 10.7. The zero-order valence-electron chi connectivity index (χ0n) is 12.4. The van der Waals surface area contributed by atoms with Gasteiger partial charge in [0.05, 0.1) is 13.2 Å². The number of carbonyl (C=O) groups is 1. The molecule has 0 bridgehead atoms. The van der Waals surface area contributed by atoms with Crippen molar-refractivity contribution in [3.63, 3.8) is 0 Å². The van der Waals surface area contributed by atoms with Crippen LogP contribution in [0.4, 0.5) is 0 Å². The van der Waals surface area contributed by atoms with Crippen molar-refractivity contribution in [1.29, 1.82) is 0 Å². The van der Waals surface area contributed by atoms with E-state index in [1.54, 1.807) is 0 Å². The maximum absolute atomic E-state index is 10.7. The summed E-state index contributed by atoms with van der Waals surface area (Å²) < 4.78 is 9.98. The number of rotatable bonds is 8. The zero-order chi connectivity index (χ0) is 18.6. The van der Waals surface area contributed by atoms with E-state index in [0.29, 0.717) is 0 Å². The Kier molecular flexibility index (Phi) is 7.88. The molecule has 1 aliphatic heterocycles. The third-order valence-corrected chi connectivity index (χ3v) is 3.62. The minimum Gasteiger partial charge on any atom is -0.479 e. The highest BCUT2D eigenvalue weighted by Gasteiger charge is 2.47. The molecule has 0 aliphatic carbocycles. The van der Waals surface area contributed by atoms with Crippen molar-refractivity contribution in [2.75, 3.05) is 13.2 Å². The second-order valence-corrected chi connectivity index (χ2v) is 5.32. The molecule has 24 heavy (non-hydrogen) atoms. The minimum atomic E-state index is -2.39. The van der Waals surface area contributed by atoms with Crippen LogP contribution in [0.5, 0.6) is 0 Å². The molecule has 142 valence electrons. The first-order valence-electron chi connectivity index (χ1n) is 6.99. The van der Waals surface area contributed by atoms with Crippen molar-refractivity contribution in [2.24, 2.45) is 0 Å². The lowest BCUT2D eigenvalue weighted by atomic mass is 9.98. The molecule has 1 fully saturated rings. The van der Waals surface area contributed by atoms with Gasteiger partial charge < -0.3 is 55.4 Å². The van der Waals surface area contributed by atoms with Gasteiger partial charge in [0, 0.05) is 0 Å². The van der Waals surface area contributed by atoms with Crippen LogP contribution in [0.3, 0.4) is 0 Å². The molecule has 1 aliphatic rings. The van der Waals surface area contributed by atoms with E-state index in [-0.39, 0.29) is 0 Å². The van der Waals surface area contributed by atoms with Gasteiger partial charge in [0.25, 0.3) is 0 Å². The topological polar surface area (TPSA) is 218 Å². The lowest BCUT2D eigenvalue weighted by Gasteiger charge is -2.42. The Morgan fingerprint density at radius 1 is 1.04 bits per heavy atom. The number of hydrogen-bond acceptors (Lipinski definition) is 11. The molecule has 9 N–H and O–H groups in total. The average molecular weight is 358 g/mol. The number of hydrogen-bond donors (Lipinski definition) is 9. The van der Waals surface area contributed by atoms with Crippen LogP contribution in [-0.4, -0.2) is 120 Å². The van der Waals surface area contributed by atoms with Crippen LogP contribution in [0.15, 0.2) is 0 Å². The predicted octanol–water partition coefficient (Wildman–Crippen LogP) is -5.67. The fourth-order valence-electron chi connectivity index (χ4n) is 2.16. The van der Waals surface area contributed by atoms with Gasteiger partial charge in [-0.15, -0.1) is 0 Å². The molecule has 9 atom stereocenters. The third-order valence-electron chi connectivity index (χ3n) is 3.62. The molecule has 0 spiro atoms. The SMILES string of the molecule is O=C(O)[C@@H](O)[C@@H](O)[C@@H](O[C@@H]1O[C@@H](CO)[C@H](O)[C@H](O)[C@@H]1O)[C@H](O)CO. The van der Waals surface area contributed by atoms with E-state index in [1.165, 1.54) is 0 Å². The van der Waals surface area contributed by atoms with Gasteiger partial charge >= 0.3 is 5.97 Å². The number of aliphatic carboxylic acids is 1. The summed E-state index contributed by atoms with van der Waals surface area (Å²) in [6.07, 6.45) is -16.9. The Labute approximate surface area is 135 Å². The number of carboxylic acid groups (broad SMARTS) is 1. The third kappa shape index (κ3) is 4.58. The lowest BCUT2D eigenvalue weighted by Crippen LogP contribution is -2.61. The van der Waals surface area contributed by atoms with Gasteiger partial charge in [-0.25, -0.2) is 4.79 Å². The molecule has 0 unspecified atom stereocenters. The maximum Gasteiger partial charge on any atom is 0.335 e. The summed E-state index contributed by atoms with van der Waals surface area (Å²) in [5.41, 5.74) is 0. The summed E-state index contributed by atoms with van der Waals surface area (Å²) in [6.45, 7) is -1.76. The Balaban J connectivity index is 2.94. The largest absolute Gasteiger partial charge is 0.479 e. The van der Waals surface area contributed by atoms with E-state index in [2.05, 4.69) is 0 Å². The summed E-state index contributed by atoms with van der Waals surface area (Å²) >= 11 is 0. The first kappa shape index (κ1) is 21.1. The minimum absolute atomic E-state index is 0.766. The first-order chi connectivity index (χ1) is 11.1. The van der Waals surface area contributed by atoms with Gasteiger partial charge in [-0.2, -0.15) is 0 Å². The predicted molar refractivity (Wildman–Crippen MR) is 71.4 cm³/mol. The van der Waals surface area contributed by atoms with Crippen molar-refractivity contribution < 1.29 is 60.2 Å². The second-order valence-electron chi connectivity index (χ2n) is 5.32. The monoisotopic (exact) mass is 358 g/mol. The number of ether oxygens (including phenoxy) is 2. The molecule has 0 aromatic carbocycles. The maximum atomic E-state index is 10.7. The van der Waals surface area contributed by atoms with E-state index in [9.17, 15) is 35.4 Å². The normalized spacial score (nSPS) is 35.9. The Bertz CT molecular complexity index is 403. The molecule has 1 heterocycles. The average Bonchev–Trinajstić information content (AvgIpc) is 2.57. The Morgan fingerprint density at radius 3 is 2.08 bits per heavy atom. The summed E-state index contributed by atoms with van der Waals surface area (Å²) in [5.74, 6) is -1.84. The van der Waals surface area contributed by atoms with E-state index >= 15 is 0 Å². The molecule has 1 saturated heterocycles. The molecule has 12 heteroatoms. The van der Waals surface area contributed by atoms with E-state index in [0.717, 1.165) is 0 Å². The van der Waals surface area contributed by atoms with Crippen LogP contribution in [0.2, 0.25) is 0 Å². The second kappa shape index (κ2) is 8.96. The first-order valence-corrected chi connectivity index (χ1v) is 6.99. The standard InChI is InChI=1S/C12H22O12/c13-1-3(15)10(7(18)8(19)11(21)22)24-12-9(20)6(17)5(16)4(2-14)23-12/h3-10,12-20H,1-2H2,(H,21,22)/t3-,4+,5+,6+,7-,8+,9+,10+,12+/m1/s1. The van der Waals surface area contributed by atoms with Gasteiger partial charge in [-0.3, -0.25) is 0 Å². The highest BCUT2D eigenvalue weighted by atomic mass is 16.7. The van der Waals surface area contributed by atoms with Crippen molar-refractivity contribution in [3.05, 3.63) is 0 Å². The molecular weight excluding hydrogens is 336 g/mol. The van der Waals surface area contributed by atoms with Gasteiger partial charge in [-0.1, -0.05) is 0 Å². The van der Waals surface area contributed by atoms with E-state index in [4.69, 9.17) is 24.8 Å². The fraction of sp³-hybridized carbons (Fsp3) is 0.917. The van der Waals surface area contributed by atoms with Crippen LogP contribution in [0.1, 0.15) is 0 Å². The number of carboxylic acids is 1. The fourth-order valence-corrected chi connectivity index (χ4v) is 2.16. The summed E-state index contributed by atoms with van der Waals surface area (Å²) in [5, 5.41) is 84.5. The highest BCUT2D eigenvalue weighted by Crippen LogP contribution is 2.24. The smallest absolute Gasteiger partial charge is 0.335 e. The van der Waals surface area contributed by atoms with Crippen LogP contribution in [-0.2, 0) is 14.3 Å². The molecule has 0 saturated carbocycles. The van der Waals surface area contributed by atoms with Gasteiger partial charge in [-0.05, 0) is 0 Å². The summed E-state index contributed by atoms with van der Waals surface area (Å²) in [7, 11) is 0. The summed E-state index contributed by atoms with van der Waals surface area (Å²) in [6, 6.07) is 0. The van der Waals surface area contributed by atoms with Gasteiger partial charge in [0.1, 0.15) is 42.7 Å². The molecule has 0 aromatic rings. The van der Waals surface area contributed by atoms with E-state index in [1.807, 2.05) is 0 Å². The van der Waals surface area contributed by atoms with Gasteiger partial charge in [0.15, 0.2) is 12.4 Å². The van der Waals surface area contributed by atoms with Gasteiger partial charge in [0.2, 0.25) is 0 Å². The van der Waals surface area contributed by atoms with Crippen molar-refractivity contribution in [2.45, 2.75) is 55.1 Å². The van der Waals surface area contributed by atoms with Crippen LogP contribution in [0, 0.1) is 0 Å². The molecule has 12 nitrogen and oxygen atoms in total. The zero-order valence-corrected chi connectivity index (χ0v) is 12.4. The van der Waals surface area contributed by atoms with Crippen LogP contribution >= 0.6 is 0 Å². The molecule has 0 radical (unpaired) electrons. The van der Waals surface area contributed by atoms with Crippen LogP contribution in [0.25, 0.3) is 0 Å². The van der Waals surface area contributed by atoms with Crippen molar-refractivity contribution in [1.82, 2.24) is 0 Å². The van der Waals surface area contributed by atoms with E-state index < -0.39 is 74.3 Å². The number of aliphatic hydroxyl groups excluding tert-OH is 8. The lowest BCUT2D eigenvalue weighted by molar-refractivity contribution is -0.326. The van der Waals surface area contributed by atoms with Crippen LogP contribution < -0.4 is 0 Å². The van der Waals surface area contributed by atoms with Crippen molar-refractivity contribution in [3.8, 4) is 0 Å². The molecule has 1 rings (SSSR count). The number of aliphatic hydroxyl groups is 8. The molecular formula is C12H22O12. The molecule has 0 aromatic heterocycles. The quantitative estimate of drug-likeness (QED) is 0.198. The van der Waals surface area contributed by atoms with Crippen molar-refractivity contribution >= 4 is 5.97 Å². The highest BCUT2D eigenvalue weighted by molar-refractivity contribution is 5.72. The Morgan fingerprint density at radius 2 is 1.62 bits per heavy atom.